The minimum absolute atomic E-state index is 0.144. The topological polar surface area (TPSA) is 47.9 Å². The molecule has 0 aliphatic carbocycles. The van der Waals surface area contributed by atoms with E-state index in [1.165, 1.54) is 0 Å². The Morgan fingerprint density at radius 2 is 1.68 bits per heavy atom. The molecular weight excluding hydrogens is 244 g/mol. The maximum atomic E-state index is 10.1. The standard InChI is InChI=1S/C15H22O4/c1-11(2)19-7-5-6-15(16)12-8-13(17-3)10-14(9-12)18-4/h5,7-11,15-16H,6H2,1-4H3/b7-5+. The summed E-state index contributed by atoms with van der Waals surface area (Å²) >= 11 is 0. The number of aliphatic hydroxyl groups excluding tert-OH is 1. The zero-order chi connectivity index (χ0) is 14.3. The van der Waals surface area contributed by atoms with E-state index in [9.17, 15) is 5.11 Å². The summed E-state index contributed by atoms with van der Waals surface area (Å²) in [6.45, 7) is 3.90. The zero-order valence-corrected chi connectivity index (χ0v) is 11.9. The fourth-order valence-electron chi connectivity index (χ4n) is 1.56. The van der Waals surface area contributed by atoms with Crippen LogP contribution in [0.1, 0.15) is 31.9 Å². The number of aliphatic hydroxyl groups is 1. The van der Waals surface area contributed by atoms with E-state index in [1.807, 2.05) is 13.8 Å². The van der Waals surface area contributed by atoms with Crippen molar-refractivity contribution in [3.63, 3.8) is 0 Å². The molecule has 0 spiro atoms. The summed E-state index contributed by atoms with van der Waals surface area (Å²) in [6, 6.07) is 5.36. The van der Waals surface area contributed by atoms with Crippen molar-refractivity contribution in [2.75, 3.05) is 14.2 Å². The van der Waals surface area contributed by atoms with Gasteiger partial charge in [-0.2, -0.15) is 0 Å². The molecule has 0 radical (unpaired) electrons. The highest BCUT2D eigenvalue weighted by Gasteiger charge is 2.09. The molecule has 0 saturated heterocycles. The van der Waals surface area contributed by atoms with Gasteiger partial charge >= 0.3 is 0 Å². The van der Waals surface area contributed by atoms with E-state index in [4.69, 9.17) is 14.2 Å². The Balaban J connectivity index is 2.70. The lowest BCUT2D eigenvalue weighted by molar-refractivity contribution is 0.166. The Kier molecular flexibility index (Phi) is 6.22. The largest absolute Gasteiger partial charge is 0.499 e. The molecule has 0 aliphatic rings. The van der Waals surface area contributed by atoms with Gasteiger partial charge in [0.15, 0.2) is 0 Å². The smallest absolute Gasteiger partial charge is 0.122 e. The highest BCUT2D eigenvalue weighted by molar-refractivity contribution is 5.39. The van der Waals surface area contributed by atoms with E-state index < -0.39 is 6.10 Å². The van der Waals surface area contributed by atoms with Gasteiger partial charge in [-0.1, -0.05) is 0 Å². The monoisotopic (exact) mass is 266 g/mol. The van der Waals surface area contributed by atoms with Crippen LogP contribution in [0.5, 0.6) is 11.5 Å². The number of hydrogen-bond donors (Lipinski definition) is 1. The van der Waals surface area contributed by atoms with Crippen molar-refractivity contribution in [3.05, 3.63) is 36.1 Å². The molecule has 0 bridgehead atoms. The van der Waals surface area contributed by atoms with Gasteiger partial charge in [-0.25, -0.2) is 0 Å². The first kappa shape index (κ1) is 15.4. The highest BCUT2D eigenvalue weighted by atomic mass is 16.5. The second kappa shape index (κ2) is 7.69. The van der Waals surface area contributed by atoms with Gasteiger partial charge in [-0.05, 0) is 44.0 Å². The van der Waals surface area contributed by atoms with Gasteiger partial charge in [-0.15, -0.1) is 0 Å². The molecule has 0 aliphatic heterocycles. The van der Waals surface area contributed by atoms with E-state index in [1.54, 1.807) is 44.8 Å². The van der Waals surface area contributed by atoms with E-state index >= 15 is 0 Å². The average molecular weight is 266 g/mol. The van der Waals surface area contributed by atoms with Crippen molar-refractivity contribution in [1.29, 1.82) is 0 Å². The van der Waals surface area contributed by atoms with Crippen LogP contribution < -0.4 is 9.47 Å². The van der Waals surface area contributed by atoms with Gasteiger partial charge in [0.2, 0.25) is 0 Å². The molecule has 0 saturated carbocycles. The minimum Gasteiger partial charge on any atom is -0.499 e. The third-order valence-electron chi connectivity index (χ3n) is 2.56. The molecule has 1 N–H and O–H groups in total. The van der Waals surface area contributed by atoms with Crippen LogP contribution in [0.3, 0.4) is 0 Å². The quantitative estimate of drug-likeness (QED) is 0.770. The van der Waals surface area contributed by atoms with Crippen molar-refractivity contribution < 1.29 is 19.3 Å². The number of methoxy groups -OCH3 is 2. The summed E-state index contributed by atoms with van der Waals surface area (Å²) in [5, 5.41) is 10.1. The summed E-state index contributed by atoms with van der Waals surface area (Å²) in [5.74, 6) is 1.33. The first-order valence-corrected chi connectivity index (χ1v) is 6.28. The summed E-state index contributed by atoms with van der Waals surface area (Å²) in [7, 11) is 3.17. The first-order chi connectivity index (χ1) is 9.06. The Hall–Kier alpha value is -1.68. The van der Waals surface area contributed by atoms with Crippen LogP contribution in [0.15, 0.2) is 30.5 Å². The molecule has 0 heterocycles. The lowest BCUT2D eigenvalue weighted by atomic mass is 10.1. The van der Waals surface area contributed by atoms with Crippen LogP contribution >= 0.6 is 0 Å². The van der Waals surface area contributed by atoms with Gasteiger partial charge in [0.25, 0.3) is 0 Å². The van der Waals surface area contributed by atoms with Crippen molar-refractivity contribution in [2.45, 2.75) is 32.5 Å². The fourth-order valence-corrected chi connectivity index (χ4v) is 1.56. The zero-order valence-electron chi connectivity index (χ0n) is 11.9. The van der Waals surface area contributed by atoms with Gasteiger partial charge in [0.1, 0.15) is 11.5 Å². The molecule has 0 fully saturated rings. The second-order valence-electron chi connectivity index (χ2n) is 4.45. The molecule has 1 atom stereocenters. The van der Waals surface area contributed by atoms with Crippen LogP contribution in [0.25, 0.3) is 0 Å². The lowest BCUT2D eigenvalue weighted by Gasteiger charge is -2.12. The average Bonchev–Trinajstić information content (AvgIpc) is 2.42. The van der Waals surface area contributed by atoms with Crippen molar-refractivity contribution in [2.24, 2.45) is 0 Å². The molecule has 1 aromatic rings. The van der Waals surface area contributed by atoms with E-state index in [0.29, 0.717) is 17.9 Å². The molecule has 1 rings (SSSR count). The molecule has 0 aromatic heterocycles. The summed E-state index contributed by atoms with van der Waals surface area (Å²) in [4.78, 5) is 0. The van der Waals surface area contributed by atoms with Gasteiger partial charge in [0, 0.05) is 6.07 Å². The van der Waals surface area contributed by atoms with Crippen LogP contribution in [-0.2, 0) is 4.74 Å². The molecule has 1 aromatic carbocycles. The maximum absolute atomic E-state index is 10.1. The number of rotatable bonds is 7. The van der Waals surface area contributed by atoms with Crippen molar-refractivity contribution in [1.82, 2.24) is 0 Å². The lowest BCUT2D eigenvalue weighted by Crippen LogP contribution is -1.99. The minimum atomic E-state index is -0.615. The van der Waals surface area contributed by atoms with Crippen LogP contribution in [0.4, 0.5) is 0 Å². The Morgan fingerprint density at radius 3 is 2.16 bits per heavy atom. The second-order valence-corrected chi connectivity index (χ2v) is 4.45. The summed E-state index contributed by atoms with van der Waals surface area (Å²) in [5.41, 5.74) is 0.755. The molecule has 106 valence electrons. The predicted molar refractivity (Wildman–Crippen MR) is 74.5 cm³/mol. The number of hydrogen-bond acceptors (Lipinski definition) is 4. The Labute approximate surface area is 114 Å². The van der Waals surface area contributed by atoms with Gasteiger partial charge in [0.05, 0.1) is 32.7 Å². The van der Waals surface area contributed by atoms with Crippen LogP contribution in [-0.4, -0.2) is 25.4 Å². The van der Waals surface area contributed by atoms with Gasteiger partial charge < -0.3 is 19.3 Å². The summed E-state index contributed by atoms with van der Waals surface area (Å²) in [6.07, 6.45) is 3.42. The summed E-state index contributed by atoms with van der Waals surface area (Å²) < 4.78 is 15.6. The fraction of sp³-hybridized carbons (Fsp3) is 0.467. The normalized spacial score (nSPS) is 12.7. The molecule has 1 unspecified atom stereocenters. The van der Waals surface area contributed by atoms with E-state index in [2.05, 4.69) is 0 Å². The molecular formula is C15H22O4. The Bertz CT molecular complexity index is 390. The number of benzene rings is 1. The van der Waals surface area contributed by atoms with Crippen LogP contribution in [0, 0.1) is 0 Å². The first-order valence-electron chi connectivity index (χ1n) is 6.28. The Morgan fingerprint density at radius 1 is 1.11 bits per heavy atom. The molecule has 4 heteroatoms. The third kappa shape index (κ3) is 5.22. The molecule has 4 nitrogen and oxygen atoms in total. The number of ether oxygens (including phenoxy) is 3. The van der Waals surface area contributed by atoms with Crippen molar-refractivity contribution >= 4 is 0 Å². The maximum Gasteiger partial charge on any atom is 0.122 e. The molecule has 0 amide bonds. The molecule has 19 heavy (non-hydrogen) atoms. The third-order valence-corrected chi connectivity index (χ3v) is 2.56. The van der Waals surface area contributed by atoms with E-state index in [-0.39, 0.29) is 6.10 Å². The van der Waals surface area contributed by atoms with E-state index in [0.717, 1.165) is 5.56 Å². The predicted octanol–water partition coefficient (Wildman–Crippen LogP) is 3.07. The highest BCUT2D eigenvalue weighted by Crippen LogP contribution is 2.27. The van der Waals surface area contributed by atoms with Gasteiger partial charge in [-0.3, -0.25) is 0 Å². The van der Waals surface area contributed by atoms with Crippen molar-refractivity contribution in [3.8, 4) is 11.5 Å². The van der Waals surface area contributed by atoms with Crippen LogP contribution in [0.2, 0.25) is 0 Å². The SMILES string of the molecule is COc1cc(OC)cc(C(O)C/C=C/OC(C)C)c1.